The standard InChI is InChI=1S/C48H73BrN4O6Si2/c1-45(2,3)41(50-44(56)57-10)42(54)51-52(34-36-25-28-38(49)29-26-36)32-20-31-48(33-35-21-16-15-17-22-35,58-60(11,12)46(4,5)6)43(55)53(59-61(13,14)47(7,8)9)40-30-27-37-23-18-19-24-39(37)40/h15-19,21-26,28-29,40-41H,20,27,30-34H2,1-14H3,(H,50,56)(H,51,54)/t40?,41-,48?/m1/s1. The summed E-state index contributed by atoms with van der Waals surface area (Å²) in [5.74, 6) is -0.528. The van der Waals surface area contributed by atoms with Crippen molar-refractivity contribution in [2.45, 2.75) is 155 Å². The van der Waals surface area contributed by atoms with Crippen LogP contribution in [-0.2, 0) is 42.7 Å². The highest BCUT2D eigenvalue weighted by Gasteiger charge is 2.53. The van der Waals surface area contributed by atoms with E-state index in [9.17, 15) is 9.59 Å². The van der Waals surface area contributed by atoms with E-state index in [1.807, 2.05) is 68.2 Å². The molecule has 2 N–H and O–H groups in total. The molecule has 3 aromatic rings. The van der Waals surface area contributed by atoms with Crippen molar-refractivity contribution in [1.82, 2.24) is 20.8 Å². The Kier molecular flexibility index (Phi) is 16.5. The van der Waals surface area contributed by atoms with Crippen molar-refractivity contribution in [1.29, 1.82) is 0 Å². The molecule has 0 bridgehead atoms. The third-order valence-corrected chi connectivity index (χ3v) is 22.1. The molecule has 0 aliphatic heterocycles. The third-order valence-electron chi connectivity index (χ3n) is 12.8. The van der Waals surface area contributed by atoms with E-state index in [1.165, 1.54) is 12.7 Å². The Morgan fingerprint density at radius 1 is 0.803 bits per heavy atom. The molecule has 336 valence electrons. The van der Waals surface area contributed by atoms with Crippen molar-refractivity contribution in [3.8, 4) is 0 Å². The van der Waals surface area contributed by atoms with Gasteiger partial charge in [0.1, 0.15) is 11.6 Å². The van der Waals surface area contributed by atoms with Gasteiger partial charge in [-0.25, -0.2) is 14.9 Å². The number of aryl methyl sites for hydroxylation is 1. The Hall–Kier alpha value is -3.34. The molecule has 4 rings (SSSR count). The molecule has 1 aliphatic carbocycles. The third kappa shape index (κ3) is 13.1. The molecule has 61 heavy (non-hydrogen) atoms. The fraction of sp³-hybridized carbons (Fsp3) is 0.562. The number of ether oxygens (including phenoxy) is 1. The Morgan fingerprint density at radius 3 is 1.97 bits per heavy atom. The highest BCUT2D eigenvalue weighted by Crippen LogP contribution is 2.46. The van der Waals surface area contributed by atoms with Crippen molar-refractivity contribution >= 4 is 50.5 Å². The number of rotatable bonds is 17. The number of hydroxylamine groups is 2. The Balaban J connectivity index is 1.86. The fourth-order valence-electron chi connectivity index (χ4n) is 7.19. The molecule has 0 radical (unpaired) electrons. The zero-order chi connectivity index (χ0) is 45.6. The van der Waals surface area contributed by atoms with Gasteiger partial charge in [0, 0.05) is 24.0 Å². The number of alkyl carbamates (subject to hydrolysis) is 1. The number of carbonyl (C=O) groups is 3. The molecule has 3 amide bonds. The monoisotopic (exact) mass is 936 g/mol. The number of amides is 3. The second-order valence-corrected chi connectivity index (χ2v) is 31.2. The molecule has 13 heteroatoms. The van der Waals surface area contributed by atoms with Gasteiger partial charge in [0.25, 0.3) is 11.8 Å². The van der Waals surface area contributed by atoms with Gasteiger partial charge < -0.3 is 19.0 Å². The Morgan fingerprint density at radius 2 is 1.39 bits per heavy atom. The number of methoxy groups -OCH3 is 1. The number of nitrogens with one attached hydrogen (secondary N) is 2. The number of benzene rings is 3. The van der Waals surface area contributed by atoms with E-state index in [-0.39, 0.29) is 27.9 Å². The van der Waals surface area contributed by atoms with Gasteiger partial charge >= 0.3 is 6.09 Å². The van der Waals surface area contributed by atoms with Gasteiger partial charge in [0.2, 0.25) is 8.32 Å². The number of nitrogens with zero attached hydrogens (tertiary/aromatic N) is 2. The molecule has 3 aromatic carbocycles. The normalized spacial score (nSPS) is 16.4. The van der Waals surface area contributed by atoms with Crippen molar-refractivity contribution in [3.05, 3.63) is 106 Å². The minimum Gasteiger partial charge on any atom is -0.453 e. The van der Waals surface area contributed by atoms with Crippen LogP contribution in [-0.4, -0.2) is 69.9 Å². The van der Waals surface area contributed by atoms with Crippen LogP contribution in [0.15, 0.2) is 83.3 Å². The fourth-order valence-corrected chi connectivity index (χ4v) is 9.97. The van der Waals surface area contributed by atoms with Gasteiger partial charge in [0.05, 0.1) is 13.2 Å². The van der Waals surface area contributed by atoms with Crippen molar-refractivity contribution < 1.29 is 28.1 Å². The summed E-state index contributed by atoms with van der Waals surface area (Å²) in [5.41, 5.74) is 5.53. The minimum absolute atomic E-state index is 0.161. The lowest BCUT2D eigenvalue weighted by molar-refractivity contribution is -0.190. The van der Waals surface area contributed by atoms with Crippen LogP contribution in [0.1, 0.15) is 110 Å². The van der Waals surface area contributed by atoms with Gasteiger partial charge in [-0.05, 0) is 102 Å². The molecule has 0 fully saturated rings. The second-order valence-electron chi connectivity index (χ2n) is 20.8. The number of carbonyl (C=O) groups excluding carboxylic acids is 3. The molecular weight excluding hydrogens is 865 g/mol. The Labute approximate surface area is 377 Å². The average Bonchev–Trinajstić information content (AvgIpc) is 3.59. The summed E-state index contributed by atoms with van der Waals surface area (Å²) in [5, 5.41) is 5.99. The summed E-state index contributed by atoms with van der Waals surface area (Å²) in [4.78, 5) is 42.8. The summed E-state index contributed by atoms with van der Waals surface area (Å²) >= 11 is 3.55. The summed E-state index contributed by atoms with van der Waals surface area (Å²) in [6.07, 6.45) is 2.11. The molecule has 1 aliphatic rings. The summed E-state index contributed by atoms with van der Waals surface area (Å²) in [6.45, 7) is 28.5. The zero-order valence-corrected chi connectivity index (χ0v) is 42.9. The number of hydrogen-bond acceptors (Lipinski definition) is 7. The van der Waals surface area contributed by atoms with E-state index in [4.69, 9.17) is 13.7 Å². The van der Waals surface area contributed by atoms with E-state index in [1.54, 1.807) is 5.06 Å². The van der Waals surface area contributed by atoms with Crippen LogP contribution >= 0.6 is 15.9 Å². The van der Waals surface area contributed by atoms with Crippen molar-refractivity contribution in [2.24, 2.45) is 5.41 Å². The van der Waals surface area contributed by atoms with Gasteiger partial charge in [-0.2, -0.15) is 0 Å². The van der Waals surface area contributed by atoms with E-state index in [0.717, 1.165) is 34.0 Å². The van der Waals surface area contributed by atoms with Crippen LogP contribution in [0.2, 0.25) is 36.3 Å². The highest BCUT2D eigenvalue weighted by molar-refractivity contribution is 9.10. The molecular formula is C48H73BrN4O6Si2. The Bertz CT molecular complexity index is 1940. The predicted octanol–water partition coefficient (Wildman–Crippen LogP) is 11.3. The average molecular weight is 938 g/mol. The van der Waals surface area contributed by atoms with Gasteiger partial charge in [-0.15, -0.1) is 0 Å². The number of halogens is 1. The second kappa shape index (κ2) is 20.0. The van der Waals surface area contributed by atoms with Gasteiger partial charge in [-0.3, -0.25) is 15.0 Å². The van der Waals surface area contributed by atoms with Crippen LogP contribution in [0.3, 0.4) is 0 Å². The lowest BCUT2D eigenvalue weighted by atomic mass is 9.86. The first-order valence-electron chi connectivity index (χ1n) is 21.7. The molecule has 0 spiro atoms. The van der Waals surface area contributed by atoms with E-state index in [2.05, 4.69) is 131 Å². The maximum absolute atomic E-state index is 16.3. The zero-order valence-electron chi connectivity index (χ0n) is 39.3. The maximum Gasteiger partial charge on any atom is 0.407 e. The smallest absolute Gasteiger partial charge is 0.407 e. The molecule has 0 aromatic heterocycles. The first-order chi connectivity index (χ1) is 28.2. The van der Waals surface area contributed by atoms with E-state index >= 15 is 4.79 Å². The van der Waals surface area contributed by atoms with Crippen LogP contribution in [0.4, 0.5) is 4.79 Å². The lowest BCUT2D eigenvalue weighted by Crippen LogP contribution is -2.61. The quantitative estimate of drug-likeness (QED) is 0.102. The van der Waals surface area contributed by atoms with Crippen LogP contribution in [0.25, 0.3) is 0 Å². The highest BCUT2D eigenvalue weighted by atomic mass is 79.9. The summed E-state index contributed by atoms with van der Waals surface area (Å²) in [7, 11) is -3.96. The van der Waals surface area contributed by atoms with Gasteiger partial charge in [0.15, 0.2) is 8.32 Å². The number of hydrazine groups is 1. The molecule has 10 nitrogen and oxygen atoms in total. The van der Waals surface area contributed by atoms with Crippen LogP contribution in [0.5, 0.6) is 0 Å². The van der Waals surface area contributed by atoms with Crippen LogP contribution in [0, 0.1) is 5.41 Å². The van der Waals surface area contributed by atoms with E-state index < -0.39 is 39.8 Å². The predicted molar refractivity (Wildman–Crippen MR) is 255 cm³/mol. The molecule has 0 heterocycles. The molecule has 0 saturated heterocycles. The first-order valence-corrected chi connectivity index (χ1v) is 28.3. The van der Waals surface area contributed by atoms with Crippen molar-refractivity contribution in [2.75, 3.05) is 13.7 Å². The maximum atomic E-state index is 16.3. The molecule has 0 saturated carbocycles. The van der Waals surface area contributed by atoms with Crippen LogP contribution < -0.4 is 10.7 Å². The summed E-state index contributed by atoms with van der Waals surface area (Å²) < 4.78 is 20.7. The van der Waals surface area contributed by atoms with Crippen molar-refractivity contribution in [3.63, 3.8) is 0 Å². The number of hydrogen-bond donors (Lipinski definition) is 2. The SMILES string of the molecule is COC(=O)N[C@H](C(=O)NN(CCCC(Cc1ccccc1)(O[Si](C)(C)C(C)(C)C)C(=O)N(O[Si](C)(C)C(C)(C)C)C1CCc2ccccc21)Cc1ccc(Br)cc1)C(C)(C)C. The van der Waals surface area contributed by atoms with E-state index in [0.29, 0.717) is 32.4 Å². The number of fused-ring (bicyclic) bond motifs is 1. The largest absolute Gasteiger partial charge is 0.453 e. The molecule has 2 unspecified atom stereocenters. The topological polar surface area (TPSA) is 109 Å². The lowest BCUT2D eigenvalue weighted by Gasteiger charge is -2.49. The first kappa shape index (κ1) is 50.3. The molecule has 3 atom stereocenters. The van der Waals surface area contributed by atoms with Gasteiger partial charge in [-0.1, -0.05) is 145 Å². The minimum atomic E-state index is -2.67. The summed E-state index contributed by atoms with van der Waals surface area (Å²) in [6, 6.07) is 25.4.